The molecule has 1 aromatic rings. The molecular formula is C14H20O2S. The van der Waals surface area contributed by atoms with Crippen molar-refractivity contribution >= 4 is 17.7 Å². The minimum atomic E-state index is -0.155. The molecule has 3 heteroatoms. The average molecular weight is 252 g/mol. The van der Waals surface area contributed by atoms with E-state index in [9.17, 15) is 4.79 Å². The van der Waals surface area contributed by atoms with Gasteiger partial charge in [0, 0.05) is 4.90 Å². The second-order valence-corrected chi connectivity index (χ2v) is 5.60. The Morgan fingerprint density at radius 2 is 1.76 bits per heavy atom. The highest BCUT2D eigenvalue weighted by Gasteiger charge is 2.06. The summed E-state index contributed by atoms with van der Waals surface area (Å²) in [4.78, 5) is 12.5. The van der Waals surface area contributed by atoms with E-state index in [2.05, 4.69) is 38.1 Å². The molecule has 2 nitrogen and oxygen atoms in total. The molecule has 0 radical (unpaired) electrons. The second-order valence-electron chi connectivity index (χ2n) is 4.55. The zero-order valence-corrected chi connectivity index (χ0v) is 11.7. The van der Waals surface area contributed by atoms with Gasteiger partial charge in [0.05, 0.1) is 11.9 Å². The second kappa shape index (κ2) is 6.70. The van der Waals surface area contributed by atoms with Gasteiger partial charge in [0.2, 0.25) is 0 Å². The Balaban J connectivity index is 2.44. The molecule has 0 aromatic heterocycles. The van der Waals surface area contributed by atoms with Gasteiger partial charge in [0.1, 0.15) is 0 Å². The summed E-state index contributed by atoms with van der Waals surface area (Å²) in [6.07, 6.45) is -0.0357. The maximum Gasteiger partial charge on any atom is 0.316 e. The fourth-order valence-electron chi connectivity index (χ4n) is 1.39. The van der Waals surface area contributed by atoms with Gasteiger partial charge in [-0.05, 0) is 37.5 Å². The Labute approximate surface area is 108 Å². The molecule has 0 bridgehead atoms. The molecule has 0 spiro atoms. The molecule has 1 rings (SSSR count). The lowest BCUT2D eigenvalue weighted by atomic mass is 10.0. The van der Waals surface area contributed by atoms with Gasteiger partial charge in [-0.1, -0.05) is 26.0 Å². The predicted molar refractivity (Wildman–Crippen MR) is 72.5 cm³/mol. The van der Waals surface area contributed by atoms with Crippen molar-refractivity contribution < 1.29 is 9.53 Å². The molecule has 94 valence electrons. The molecule has 0 fully saturated rings. The lowest BCUT2D eigenvalue weighted by molar-refractivity contribution is -0.144. The number of thioether (sulfide) groups is 1. The van der Waals surface area contributed by atoms with Gasteiger partial charge in [0.15, 0.2) is 0 Å². The topological polar surface area (TPSA) is 26.3 Å². The number of carbonyl (C=O) groups excluding carboxylic acids is 1. The standard InChI is InChI=1S/C14H20O2S/c1-10(2)12-5-7-13(8-6-12)17-9-14(15)16-11(3)4/h5-8,10-11H,9H2,1-4H3. The van der Waals surface area contributed by atoms with Crippen LogP contribution in [0.5, 0.6) is 0 Å². The number of hydrogen-bond acceptors (Lipinski definition) is 3. The molecule has 0 amide bonds. The number of carbonyl (C=O) groups is 1. The monoisotopic (exact) mass is 252 g/mol. The molecule has 0 unspecified atom stereocenters. The Hall–Kier alpha value is -0.960. The number of rotatable bonds is 5. The van der Waals surface area contributed by atoms with Crippen molar-refractivity contribution in [3.05, 3.63) is 29.8 Å². The quantitative estimate of drug-likeness (QED) is 0.588. The van der Waals surface area contributed by atoms with E-state index in [0.717, 1.165) is 4.90 Å². The van der Waals surface area contributed by atoms with Gasteiger partial charge in [-0.3, -0.25) is 4.79 Å². The van der Waals surface area contributed by atoms with Crippen LogP contribution in [0.1, 0.15) is 39.2 Å². The van der Waals surface area contributed by atoms with Crippen molar-refractivity contribution in [1.82, 2.24) is 0 Å². The lowest BCUT2D eigenvalue weighted by Crippen LogP contribution is -2.13. The van der Waals surface area contributed by atoms with E-state index in [1.54, 1.807) is 0 Å². The van der Waals surface area contributed by atoms with Crippen molar-refractivity contribution in [2.24, 2.45) is 0 Å². The summed E-state index contributed by atoms with van der Waals surface area (Å²) in [6, 6.07) is 8.34. The molecule has 0 aliphatic heterocycles. The molecule has 17 heavy (non-hydrogen) atoms. The van der Waals surface area contributed by atoms with Gasteiger partial charge in [-0.15, -0.1) is 11.8 Å². The molecule has 0 aliphatic rings. The van der Waals surface area contributed by atoms with Crippen molar-refractivity contribution in [2.45, 2.75) is 44.6 Å². The highest BCUT2D eigenvalue weighted by Crippen LogP contribution is 2.21. The molecule has 0 aliphatic carbocycles. The van der Waals surface area contributed by atoms with E-state index < -0.39 is 0 Å². The maximum atomic E-state index is 11.4. The first kappa shape index (κ1) is 14.1. The van der Waals surface area contributed by atoms with Gasteiger partial charge in [-0.25, -0.2) is 0 Å². The summed E-state index contributed by atoms with van der Waals surface area (Å²) in [6.45, 7) is 8.06. The third-order valence-electron chi connectivity index (χ3n) is 2.27. The summed E-state index contributed by atoms with van der Waals surface area (Å²) in [5.74, 6) is 0.761. The minimum absolute atomic E-state index is 0.0357. The number of benzene rings is 1. The van der Waals surface area contributed by atoms with E-state index in [1.807, 2.05) is 13.8 Å². The normalized spacial score (nSPS) is 10.9. The van der Waals surface area contributed by atoms with Crippen LogP contribution in [0.15, 0.2) is 29.2 Å². The first-order valence-electron chi connectivity index (χ1n) is 5.91. The summed E-state index contributed by atoms with van der Waals surface area (Å²) < 4.78 is 5.07. The zero-order chi connectivity index (χ0) is 12.8. The third kappa shape index (κ3) is 5.26. The van der Waals surface area contributed by atoms with E-state index >= 15 is 0 Å². The van der Waals surface area contributed by atoms with Crippen LogP contribution in [0.2, 0.25) is 0 Å². The molecule has 0 N–H and O–H groups in total. The summed E-state index contributed by atoms with van der Waals surface area (Å²) in [5.41, 5.74) is 1.32. The van der Waals surface area contributed by atoms with Crippen molar-refractivity contribution in [3.8, 4) is 0 Å². The van der Waals surface area contributed by atoms with Crippen LogP contribution in [0.3, 0.4) is 0 Å². The van der Waals surface area contributed by atoms with Gasteiger partial charge in [0.25, 0.3) is 0 Å². The number of ether oxygens (including phenoxy) is 1. The smallest absolute Gasteiger partial charge is 0.316 e. The van der Waals surface area contributed by atoms with E-state index in [1.165, 1.54) is 17.3 Å². The number of hydrogen-bond donors (Lipinski definition) is 0. The van der Waals surface area contributed by atoms with Gasteiger partial charge < -0.3 is 4.74 Å². The van der Waals surface area contributed by atoms with Crippen LogP contribution >= 0.6 is 11.8 Å². The van der Waals surface area contributed by atoms with E-state index in [0.29, 0.717) is 11.7 Å². The van der Waals surface area contributed by atoms with Crippen LogP contribution in [0, 0.1) is 0 Å². The fourth-order valence-corrected chi connectivity index (χ4v) is 2.07. The predicted octanol–water partition coefficient (Wildman–Crippen LogP) is 3.85. The average Bonchev–Trinajstić information content (AvgIpc) is 2.26. The molecule has 0 saturated heterocycles. The van der Waals surface area contributed by atoms with Crippen LogP contribution in [0.4, 0.5) is 0 Å². The molecule has 0 atom stereocenters. The van der Waals surface area contributed by atoms with E-state index in [4.69, 9.17) is 4.74 Å². The van der Waals surface area contributed by atoms with Crippen molar-refractivity contribution in [2.75, 3.05) is 5.75 Å². The van der Waals surface area contributed by atoms with Crippen molar-refractivity contribution in [3.63, 3.8) is 0 Å². The molecule has 0 heterocycles. The fraction of sp³-hybridized carbons (Fsp3) is 0.500. The number of esters is 1. The summed E-state index contributed by atoms with van der Waals surface area (Å²) in [7, 11) is 0. The first-order valence-corrected chi connectivity index (χ1v) is 6.90. The Kier molecular flexibility index (Phi) is 5.56. The Morgan fingerprint density at radius 1 is 1.18 bits per heavy atom. The zero-order valence-electron chi connectivity index (χ0n) is 10.9. The highest BCUT2D eigenvalue weighted by molar-refractivity contribution is 8.00. The first-order chi connectivity index (χ1) is 7.99. The lowest BCUT2D eigenvalue weighted by Gasteiger charge is -2.08. The maximum absolute atomic E-state index is 11.4. The highest BCUT2D eigenvalue weighted by atomic mass is 32.2. The van der Waals surface area contributed by atoms with Gasteiger partial charge in [-0.2, -0.15) is 0 Å². The molecular weight excluding hydrogens is 232 g/mol. The van der Waals surface area contributed by atoms with Crippen LogP contribution < -0.4 is 0 Å². The Bertz CT molecular complexity index is 355. The van der Waals surface area contributed by atoms with Gasteiger partial charge >= 0.3 is 5.97 Å². The van der Waals surface area contributed by atoms with Crippen LogP contribution in [0.25, 0.3) is 0 Å². The summed E-state index contributed by atoms with van der Waals surface area (Å²) in [5, 5.41) is 0. The largest absolute Gasteiger partial charge is 0.462 e. The minimum Gasteiger partial charge on any atom is -0.462 e. The van der Waals surface area contributed by atoms with Crippen molar-refractivity contribution in [1.29, 1.82) is 0 Å². The van der Waals surface area contributed by atoms with Crippen LogP contribution in [-0.2, 0) is 9.53 Å². The van der Waals surface area contributed by atoms with Crippen LogP contribution in [-0.4, -0.2) is 17.8 Å². The molecule has 1 aromatic carbocycles. The SMILES string of the molecule is CC(C)OC(=O)CSc1ccc(C(C)C)cc1. The van der Waals surface area contributed by atoms with E-state index in [-0.39, 0.29) is 12.1 Å². The Morgan fingerprint density at radius 3 is 2.24 bits per heavy atom. The molecule has 0 saturated carbocycles. The summed E-state index contributed by atoms with van der Waals surface area (Å²) >= 11 is 1.52. The third-order valence-corrected chi connectivity index (χ3v) is 3.26.